The normalized spacial score (nSPS) is 10.2. The summed E-state index contributed by atoms with van der Waals surface area (Å²) in [5.41, 5.74) is 13.5. The lowest BCUT2D eigenvalue weighted by molar-refractivity contribution is 1.14. The van der Waals surface area contributed by atoms with Crippen LogP contribution in [0.1, 0.15) is 56.9 Å². The van der Waals surface area contributed by atoms with Gasteiger partial charge < -0.3 is 5.41 Å². The van der Waals surface area contributed by atoms with Gasteiger partial charge in [0, 0.05) is 6.21 Å². The molecule has 8 aromatic rings. The highest BCUT2D eigenvalue weighted by Gasteiger charge is 2.17. The zero-order valence-electron chi connectivity index (χ0n) is 37.0. The molecule has 0 aliphatic rings. The Labute approximate surface area is 361 Å². The standard InChI is InChI=1S/C43H33N.C8H10.2C2H6.2C2H4/c1-3-29-13-15-34(16-14-29)42-38-9-5-7-11-40(38)43(41-12-8-6-10-39(41)42)36-24-22-33-21-23-35(27-37(33)28-36)32-19-17-31(18-20-32)30(4-2)25-26-44;1-7-5-3-4-6-8(7)2;4*1-2/h4-28,44H,2-3H2,1H3;3-6H,1-2H3;2*1-2H3;2*1-2H2/b30-25+,44-26?;;;;;. The van der Waals surface area contributed by atoms with Crippen molar-refractivity contribution < 1.29 is 0 Å². The molecule has 0 radical (unpaired) electrons. The van der Waals surface area contributed by atoms with Crippen molar-refractivity contribution in [3.8, 4) is 33.4 Å². The van der Waals surface area contributed by atoms with Gasteiger partial charge in [-0.1, -0.05) is 193 Å². The van der Waals surface area contributed by atoms with Crippen molar-refractivity contribution in [2.45, 2.75) is 54.9 Å². The largest absolute Gasteiger partial charge is 0.309 e. The lowest BCUT2D eigenvalue weighted by Crippen LogP contribution is -1.91. The first-order chi connectivity index (χ1) is 29.5. The van der Waals surface area contributed by atoms with Gasteiger partial charge >= 0.3 is 0 Å². The molecule has 8 rings (SSSR count). The second kappa shape index (κ2) is 24.8. The van der Waals surface area contributed by atoms with Crippen LogP contribution in [0, 0.1) is 19.3 Å². The molecule has 0 saturated carbocycles. The molecule has 1 heteroatoms. The van der Waals surface area contributed by atoms with Crippen LogP contribution >= 0.6 is 0 Å². The molecule has 0 saturated heterocycles. The van der Waals surface area contributed by atoms with Gasteiger partial charge in [-0.3, -0.25) is 0 Å². The van der Waals surface area contributed by atoms with Gasteiger partial charge in [0.15, 0.2) is 0 Å². The van der Waals surface area contributed by atoms with Crippen molar-refractivity contribution in [2.24, 2.45) is 0 Å². The number of benzene rings is 8. The summed E-state index contributed by atoms with van der Waals surface area (Å²) >= 11 is 0. The maximum atomic E-state index is 7.42. The zero-order chi connectivity index (χ0) is 44.0. The summed E-state index contributed by atoms with van der Waals surface area (Å²) in [6.45, 7) is 30.3. The van der Waals surface area contributed by atoms with Gasteiger partial charge in [0.2, 0.25) is 0 Å². The van der Waals surface area contributed by atoms with E-state index in [4.69, 9.17) is 5.41 Å². The van der Waals surface area contributed by atoms with E-state index in [0.29, 0.717) is 0 Å². The van der Waals surface area contributed by atoms with Crippen LogP contribution in [-0.4, -0.2) is 6.21 Å². The van der Waals surface area contributed by atoms with E-state index in [0.717, 1.165) is 23.1 Å². The van der Waals surface area contributed by atoms with E-state index in [1.165, 1.54) is 83.0 Å². The summed E-state index contributed by atoms with van der Waals surface area (Å²) in [6.07, 6.45) is 5.89. The Morgan fingerprint density at radius 2 is 0.883 bits per heavy atom. The maximum Gasteiger partial charge on any atom is 0.0183 e. The zero-order valence-corrected chi connectivity index (χ0v) is 37.0. The maximum absolute atomic E-state index is 7.42. The Balaban J connectivity index is 0.000000519. The Hall–Kier alpha value is -6.83. The first kappa shape index (κ1) is 47.5. The molecule has 0 amide bonds. The molecule has 0 aliphatic heterocycles. The van der Waals surface area contributed by atoms with E-state index in [-0.39, 0.29) is 0 Å². The highest BCUT2D eigenvalue weighted by Crippen LogP contribution is 2.44. The molecule has 0 atom stereocenters. The third-order valence-electron chi connectivity index (χ3n) is 10.2. The first-order valence-corrected chi connectivity index (χ1v) is 21.0. The minimum Gasteiger partial charge on any atom is -0.309 e. The molecule has 0 unspecified atom stereocenters. The van der Waals surface area contributed by atoms with E-state index < -0.39 is 0 Å². The number of allylic oxidation sites excluding steroid dienone is 3. The average Bonchev–Trinajstić information content (AvgIpc) is 3.33. The summed E-state index contributed by atoms with van der Waals surface area (Å²) in [5.74, 6) is 0. The van der Waals surface area contributed by atoms with E-state index in [2.05, 4.69) is 211 Å². The van der Waals surface area contributed by atoms with Crippen LogP contribution < -0.4 is 0 Å². The van der Waals surface area contributed by atoms with Crippen molar-refractivity contribution in [3.05, 3.63) is 225 Å². The van der Waals surface area contributed by atoms with Gasteiger partial charge in [0.25, 0.3) is 0 Å². The van der Waals surface area contributed by atoms with E-state index in [9.17, 15) is 0 Å². The van der Waals surface area contributed by atoms with Crippen LogP contribution in [0.15, 0.2) is 203 Å². The predicted molar refractivity (Wildman–Crippen MR) is 273 cm³/mol. The molecule has 304 valence electrons. The second-order valence-corrected chi connectivity index (χ2v) is 13.3. The number of hydrogen-bond donors (Lipinski definition) is 1. The molecular formula is C59H63N. The minimum absolute atomic E-state index is 0.943. The van der Waals surface area contributed by atoms with Crippen molar-refractivity contribution in [1.82, 2.24) is 0 Å². The molecule has 8 aromatic carbocycles. The highest BCUT2D eigenvalue weighted by molar-refractivity contribution is 6.21. The summed E-state index contributed by atoms with van der Waals surface area (Å²) in [5, 5.41) is 14.9. The fourth-order valence-corrected chi connectivity index (χ4v) is 7.13. The summed E-state index contributed by atoms with van der Waals surface area (Å²) in [4.78, 5) is 0. The molecule has 60 heavy (non-hydrogen) atoms. The van der Waals surface area contributed by atoms with Gasteiger partial charge in [-0.15, -0.1) is 26.3 Å². The van der Waals surface area contributed by atoms with Gasteiger partial charge in [-0.2, -0.15) is 0 Å². The van der Waals surface area contributed by atoms with Crippen molar-refractivity contribution in [1.29, 1.82) is 5.41 Å². The summed E-state index contributed by atoms with van der Waals surface area (Å²) in [6, 6.07) is 57.2. The second-order valence-electron chi connectivity index (χ2n) is 13.3. The van der Waals surface area contributed by atoms with Gasteiger partial charge in [0.05, 0.1) is 0 Å². The SMILES string of the molecule is C=C.C=C.C=C/C(=C\C=N)c1ccc(-c2ccc3ccc(-c4c5ccccc5c(-c5ccc(CC)cc5)c5ccccc45)cc3c2)cc1.CC.CC.Cc1ccccc1C. The molecule has 0 aliphatic carbocycles. The van der Waals surface area contributed by atoms with Crippen molar-refractivity contribution >= 4 is 44.1 Å². The number of fused-ring (bicyclic) bond motifs is 3. The molecular weight excluding hydrogens is 723 g/mol. The van der Waals surface area contributed by atoms with E-state index >= 15 is 0 Å². The molecule has 0 spiro atoms. The van der Waals surface area contributed by atoms with Crippen LogP contribution in [0.2, 0.25) is 0 Å². The summed E-state index contributed by atoms with van der Waals surface area (Å²) in [7, 11) is 0. The Morgan fingerprint density at radius 1 is 0.483 bits per heavy atom. The topological polar surface area (TPSA) is 23.9 Å². The third kappa shape index (κ3) is 11.2. The van der Waals surface area contributed by atoms with Crippen molar-refractivity contribution in [3.63, 3.8) is 0 Å². The van der Waals surface area contributed by atoms with Crippen LogP contribution in [0.5, 0.6) is 0 Å². The Morgan fingerprint density at radius 3 is 1.32 bits per heavy atom. The molecule has 0 heterocycles. The molecule has 1 nitrogen and oxygen atoms in total. The smallest absolute Gasteiger partial charge is 0.0183 e. The van der Waals surface area contributed by atoms with Gasteiger partial charge in [0.1, 0.15) is 0 Å². The molecule has 1 N–H and O–H groups in total. The fourth-order valence-electron chi connectivity index (χ4n) is 7.13. The Bertz CT molecular complexity index is 2540. The lowest BCUT2D eigenvalue weighted by atomic mass is 9.85. The van der Waals surface area contributed by atoms with E-state index in [1.807, 2.05) is 27.7 Å². The highest BCUT2D eigenvalue weighted by atomic mass is 14.3. The monoisotopic (exact) mass is 785 g/mol. The fraction of sp³-hybridized carbons (Fsp3) is 0.136. The molecule has 0 aromatic heterocycles. The average molecular weight is 786 g/mol. The van der Waals surface area contributed by atoms with Gasteiger partial charge in [-0.05, 0) is 132 Å². The molecule has 0 fully saturated rings. The lowest BCUT2D eigenvalue weighted by Gasteiger charge is -2.18. The third-order valence-corrected chi connectivity index (χ3v) is 10.2. The number of hydrogen-bond acceptors (Lipinski definition) is 1. The minimum atomic E-state index is 0.943. The number of rotatable bonds is 7. The number of aryl methyl sites for hydroxylation is 3. The van der Waals surface area contributed by atoms with Crippen LogP contribution in [0.3, 0.4) is 0 Å². The van der Waals surface area contributed by atoms with Crippen LogP contribution in [-0.2, 0) is 6.42 Å². The van der Waals surface area contributed by atoms with E-state index in [1.54, 1.807) is 12.2 Å². The predicted octanol–water partition coefficient (Wildman–Crippen LogP) is 17.9. The summed E-state index contributed by atoms with van der Waals surface area (Å²) < 4.78 is 0. The van der Waals surface area contributed by atoms with Crippen LogP contribution in [0.4, 0.5) is 0 Å². The van der Waals surface area contributed by atoms with Crippen LogP contribution in [0.25, 0.3) is 71.3 Å². The molecule has 0 bridgehead atoms. The first-order valence-electron chi connectivity index (χ1n) is 21.0. The van der Waals surface area contributed by atoms with Crippen molar-refractivity contribution in [2.75, 3.05) is 0 Å². The Kier molecular flexibility index (Phi) is 19.7. The number of nitrogens with one attached hydrogen (secondary N) is 1. The quantitative estimate of drug-likeness (QED) is 0.0720. The van der Waals surface area contributed by atoms with Gasteiger partial charge in [-0.25, -0.2) is 0 Å².